The molecule has 162 valence electrons. The van der Waals surface area contributed by atoms with E-state index in [2.05, 4.69) is 19.2 Å². The normalized spacial score (nSPS) is 17.1. The van der Waals surface area contributed by atoms with Crippen molar-refractivity contribution in [2.75, 3.05) is 32.7 Å². The molecule has 30 heavy (non-hydrogen) atoms. The van der Waals surface area contributed by atoms with Crippen LogP contribution in [0.1, 0.15) is 43.9 Å². The summed E-state index contributed by atoms with van der Waals surface area (Å²) >= 11 is 0. The molecule has 1 aliphatic heterocycles. The molecule has 0 unspecified atom stereocenters. The first-order valence-electron chi connectivity index (χ1n) is 10.6. The molecule has 1 saturated heterocycles. The van der Waals surface area contributed by atoms with E-state index in [0.717, 1.165) is 16.0 Å². The van der Waals surface area contributed by atoms with Gasteiger partial charge in [0, 0.05) is 0 Å². The monoisotopic (exact) mass is 430 g/mol. The van der Waals surface area contributed by atoms with Crippen LogP contribution in [-0.2, 0) is 14.8 Å². The molecule has 1 aliphatic rings. The van der Waals surface area contributed by atoms with Gasteiger partial charge in [-0.15, -0.1) is 0 Å². The molecule has 3 rings (SSSR count). The van der Waals surface area contributed by atoms with Crippen LogP contribution in [-0.4, -0.2) is 51.4 Å². The Morgan fingerprint density at radius 1 is 0.967 bits per heavy atom. The molecule has 0 radical (unpaired) electrons. The Kier molecular flexibility index (Phi) is 7.28. The Morgan fingerprint density at radius 2 is 1.57 bits per heavy atom. The van der Waals surface area contributed by atoms with Gasteiger partial charge in [-0.3, -0.25) is 4.79 Å². The molecule has 0 spiro atoms. The fraction of sp³-hybridized carbons (Fsp3) is 0.435. The van der Waals surface area contributed by atoms with E-state index in [4.69, 9.17) is 0 Å². The van der Waals surface area contributed by atoms with Crippen LogP contribution in [0.2, 0.25) is 0 Å². The van der Waals surface area contributed by atoms with Gasteiger partial charge in [-0.05, 0) is 36.1 Å². The van der Waals surface area contributed by atoms with Gasteiger partial charge in [-0.2, -0.15) is 4.31 Å². The lowest BCUT2D eigenvalue weighted by molar-refractivity contribution is -0.895. The van der Waals surface area contributed by atoms with Crippen molar-refractivity contribution in [3.63, 3.8) is 0 Å². The maximum Gasteiger partial charge on any atom is 0.275 e. The van der Waals surface area contributed by atoms with Crippen molar-refractivity contribution in [2.45, 2.75) is 37.6 Å². The highest BCUT2D eigenvalue weighted by Gasteiger charge is 2.31. The van der Waals surface area contributed by atoms with Crippen molar-refractivity contribution in [2.24, 2.45) is 0 Å². The average molecular weight is 431 g/mol. The third-order valence-corrected chi connectivity index (χ3v) is 7.61. The predicted octanol–water partition coefficient (Wildman–Crippen LogP) is 1.58. The van der Waals surface area contributed by atoms with Crippen LogP contribution in [0.4, 0.5) is 0 Å². The maximum atomic E-state index is 12.9. The summed E-state index contributed by atoms with van der Waals surface area (Å²) in [4.78, 5) is 13.9. The number of nitrogens with zero attached hydrogens (tertiary/aromatic N) is 1. The number of nitrogens with one attached hydrogen (secondary N) is 2. The number of hydrogen-bond acceptors (Lipinski definition) is 3. The van der Waals surface area contributed by atoms with Crippen LogP contribution in [0.25, 0.3) is 0 Å². The molecular formula is C23H32N3O3S+. The maximum absolute atomic E-state index is 12.9. The first kappa shape index (κ1) is 22.5. The van der Waals surface area contributed by atoms with Gasteiger partial charge in [0.1, 0.15) is 0 Å². The van der Waals surface area contributed by atoms with Gasteiger partial charge in [-0.1, -0.05) is 56.3 Å². The molecule has 2 N–H and O–H groups in total. The topological polar surface area (TPSA) is 70.9 Å². The fourth-order valence-corrected chi connectivity index (χ4v) is 5.18. The zero-order chi connectivity index (χ0) is 21.7. The summed E-state index contributed by atoms with van der Waals surface area (Å²) in [5.74, 6) is 0.353. The Hall–Kier alpha value is -2.22. The molecule has 0 aliphatic carbocycles. The standard InChI is InChI=1S/C23H31N3O3S/c1-18(2)20-9-11-22(12-10-20)30(28,29)26-15-13-25(14-16-26)17-23(27)24-19(3)21-7-5-4-6-8-21/h4-12,18-19H,13-17H2,1-3H3,(H,24,27)/p+1/t19-/m1/s1. The number of hydrogen-bond donors (Lipinski definition) is 2. The van der Waals surface area contributed by atoms with Crippen LogP contribution in [0.3, 0.4) is 0 Å². The Bertz CT molecular complexity index is 935. The molecular weight excluding hydrogens is 398 g/mol. The van der Waals surface area contributed by atoms with Crippen molar-refractivity contribution in [1.82, 2.24) is 9.62 Å². The second-order valence-electron chi connectivity index (χ2n) is 8.25. The molecule has 2 aromatic carbocycles. The molecule has 1 heterocycles. The molecule has 7 heteroatoms. The van der Waals surface area contributed by atoms with E-state index >= 15 is 0 Å². The van der Waals surface area contributed by atoms with Crippen LogP contribution < -0.4 is 10.2 Å². The zero-order valence-electron chi connectivity index (χ0n) is 18.0. The molecule has 1 atom stereocenters. The van der Waals surface area contributed by atoms with Crippen molar-refractivity contribution in [3.05, 3.63) is 65.7 Å². The second kappa shape index (κ2) is 9.73. The van der Waals surface area contributed by atoms with Crippen molar-refractivity contribution >= 4 is 15.9 Å². The zero-order valence-corrected chi connectivity index (χ0v) is 18.8. The van der Waals surface area contributed by atoms with Gasteiger partial charge in [0.25, 0.3) is 5.91 Å². The lowest BCUT2D eigenvalue weighted by atomic mass is 10.0. The summed E-state index contributed by atoms with van der Waals surface area (Å²) < 4.78 is 27.4. The van der Waals surface area contributed by atoms with Gasteiger partial charge in [0.05, 0.1) is 37.1 Å². The van der Waals surface area contributed by atoms with E-state index in [0.29, 0.717) is 43.5 Å². The molecule has 1 amide bonds. The summed E-state index contributed by atoms with van der Waals surface area (Å²) in [6.45, 7) is 8.58. The van der Waals surface area contributed by atoms with Gasteiger partial charge in [-0.25, -0.2) is 8.42 Å². The summed E-state index contributed by atoms with van der Waals surface area (Å²) in [5.41, 5.74) is 2.19. The predicted molar refractivity (Wildman–Crippen MR) is 118 cm³/mol. The van der Waals surface area contributed by atoms with Crippen molar-refractivity contribution < 1.29 is 18.1 Å². The minimum atomic E-state index is -3.49. The second-order valence-corrected chi connectivity index (χ2v) is 10.2. The number of piperazine rings is 1. The Morgan fingerprint density at radius 3 is 2.13 bits per heavy atom. The molecule has 0 aromatic heterocycles. The lowest BCUT2D eigenvalue weighted by Gasteiger charge is -2.31. The number of carbonyl (C=O) groups excluding carboxylic acids is 1. The van der Waals surface area contributed by atoms with E-state index in [1.165, 1.54) is 4.31 Å². The Labute approximate surface area is 179 Å². The molecule has 1 fully saturated rings. The first-order valence-corrected chi connectivity index (χ1v) is 12.0. The number of quaternary nitrogens is 1. The summed E-state index contributed by atoms with van der Waals surface area (Å²) in [6, 6.07) is 17.0. The highest BCUT2D eigenvalue weighted by Crippen LogP contribution is 2.20. The van der Waals surface area contributed by atoms with Gasteiger partial charge >= 0.3 is 0 Å². The molecule has 0 bridgehead atoms. The van der Waals surface area contributed by atoms with Crippen LogP contribution >= 0.6 is 0 Å². The molecule has 0 saturated carbocycles. The van der Waals surface area contributed by atoms with E-state index < -0.39 is 10.0 Å². The highest BCUT2D eigenvalue weighted by atomic mass is 32.2. The first-order chi connectivity index (χ1) is 14.3. The van der Waals surface area contributed by atoms with Crippen LogP contribution in [0.5, 0.6) is 0 Å². The number of amides is 1. The summed E-state index contributed by atoms with van der Waals surface area (Å²) in [6.07, 6.45) is 0. The minimum absolute atomic E-state index is 0.0121. The highest BCUT2D eigenvalue weighted by molar-refractivity contribution is 7.89. The van der Waals surface area contributed by atoms with E-state index in [-0.39, 0.29) is 11.9 Å². The third-order valence-electron chi connectivity index (χ3n) is 5.70. The quantitative estimate of drug-likeness (QED) is 0.701. The summed E-state index contributed by atoms with van der Waals surface area (Å²) in [7, 11) is -3.49. The SMILES string of the molecule is CC(C)c1ccc(S(=O)(=O)N2CC[NH+](CC(=O)N[C@H](C)c3ccccc3)CC2)cc1. The fourth-order valence-electron chi connectivity index (χ4n) is 3.74. The third kappa shape index (κ3) is 5.47. The average Bonchev–Trinajstić information content (AvgIpc) is 2.74. The van der Waals surface area contributed by atoms with Crippen LogP contribution in [0.15, 0.2) is 59.5 Å². The largest absolute Gasteiger partial charge is 0.345 e. The number of carbonyl (C=O) groups is 1. The Balaban J connectivity index is 1.52. The lowest BCUT2D eigenvalue weighted by Crippen LogP contribution is -3.15. The van der Waals surface area contributed by atoms with Crippen molar-refractivity contribution in [3.8, 4) is 0 Å². The van der Waals surface area contributed by atoms with E-state index in [1.807, 2.05) is 49.4 Å². The smallest absolute Gasteiger partial charge is 0.275 e. The minimum Gasteiger partial charge on any atom is -0.345 e. The molecule has 2 aromatic rings. The number of benzene rings is 2. The number of rotatable bonds is 7. The van der Waals surface area contributed by atoms with Gasteiger partial charge in [0.15, 0.2) is 6.54 Å². The van der Waals surface area contributed by atoms with Gasteiger partial charge < -0.3 is 10.2 Å². The van der Waals surface area contributed by atoms with Crippen molar-refractivity contribution in [1.29, 1.82) is 0 Å². The molecule has 6 nitrogen and oxygen atoms in total. The van der Waals surface area contributed by atoms with Crippen LogP contribution in [0, 0.1) is 0 Å². The number of sulfonamides is 1. The van der Waals surface area contributed by atoms with E-state index in [9.17, 15) is 13.2 Å². The summed E-state index contributed by atoms with van der Waals surface area (Å²) in [5, 5.41) is 3.03. The van der Waals surface area contributed by atoms with E-state index in [1.54, 1.807) is 12.1 Å². The van der Waals surface area contributed by atoms with Gasteiger partial charge in [0.2, 0.25) is 10.0 Å².